The van der Waals surface area contributed by atoms with Crippen LogP contribution in [0.3, 0.4) is 0 Å². The highest BCUT2D eigenvalue weighted by Gasteiger charge is 2.12. The molecule has 0 unspecified atom stereocenters. The van der Waals surface area contributed by atoms with Crippen LogP contribution in [0.2, 0.25) is 0 Å². The summed E-state index contributed by atoms with van der Waals surface area (Å²) in [6.45, 7) is 6.62. The summed E-state index contributed by atoms with van der Waals surface area (Å²) >= 11 is 0. The lowest BCUT2D eigenvalue weighted by Gasteiger charge is -2.17. The van der Waals surface area contributed by atoms with Gasteiger partial charge in [-0.1, -0.05) is 6.92 Å². The Morgan fingerprint density at radius 2 is 2.08 bits per heavy atom. The topological polar surface area (TPSA) is 61.4 Å². The minimum Gasteiger partial charge on any atom is -0.389 e. The van der Waals surface area contributed by atoms with E-state index in [1.54, 1.807) is 13.8 Å². The third-order valence-electron chi connectivity index (χ3n) is 1.25. The Hall–Kier alpha value is -0.610. The molecule has 1 amide bonds. The first kappa shape index (κ1) is 11.4. The van der Waals surface area contributed by atoms with Crippen molar-refractivity contribution in [2.75, 3.05) is 19.6 Å². The molecular weight excluding hydrogens is 156 g/mol. The molecule has 0 fully saturated rings. The van der Waals surface area contributed by atoms with Crippen LogP contribution in [0.5, 0.6) is 0 Å². The number of likely N-dealkylation sites (N-methyl/N-ethyl adjacent to an activating group) is 1. The Kier molecular flexibility index (Phi) is 4.85. The molecule has 0 aliphatic heterocycles. The second-order valence-corrected chi connectivity index (χ2v) is 3.37. The number of hydrogen-bond donors (Lipinski definition) is 3. The minimum absolute atomic E-state index is 0.0843. The van der Waals surface area contributed by atoms with E-state index in [1.165, 1.54) is 0 Å². The van der Waals surface area contributed by atoms with E-state index in [4.69, 9.17) is 0 Å². The number of nitrogens with one attached hydrogen (secondary N) is 2. The van der Waals surface area contributed by atoms with E-state index in [-0.39, 0.29) is 12.5 Å². The van der Waals surface area contributed by atoms with Crippen molar-refractivity contribution in [1.29, 1.82) is 0 Å². The first-order chi connectivity index (χ1) is 5.45. The van der Waals surface area contributed by atoms with Crippen LogP contribution in [0.1, 0.15) is 20.8 Å². The number of aliphatic hydroxyl groups is 1. The van der Waals surface area contributed by atoms with Crippen LogP contribution in [0.4, 0.5) is 0 Å². The first-order valence-electron chi connectivity index (χ1n) is 4.15. The normalized spacial score (nSPS) is 11.3. The molecule has 0 aromatic heterocycles. The first-order valence-corrected chi connectivity index (χ1v) is 4.15. The zero-order valence-electron chi connectivity index (χ0n) is 7.98. The molecule has 0 saturated heterocycles. The summed E-state index contributed by atoms with van der Waals surface area (Å²) in [5.41, 5.74) is -0.831. The van der Waals surface area contributed by atoms with Gasteiger partial charge in [-0.3, -0.25) is 4.79 Å². The fraction of sp³-hybridized carbons (Fsp3) is 0.875. The fourth-order valence-electron chi connectivity index (χ4n) is 0.616. The monoisotopic (exact) mass is 174 g/mol. The van der Waals surface area contributed by atoms with E-state index in [0.717, 1.165) is 6.54 Å². The van der Waals surface area contributed by atoms with E-state index in [2.05, 4.69) is 10.6 Å². The third kappa shape index (κ3) is 7.50. The van der Waals surface area contributed by atoms with E-state index in [1.807, 2.05) is 6.92 Å². The van der Waals surface area contributed by atoms with Crippen molar-refractivity contribution in [1.82, 2.24) is 10.6 Å². The smallest absolute Gasteiger partial charge is 0.234 e. The lowest BCUT2D eigenvalue weighted by molar-refractivity contribution is -0.121. The van der Waals surface area contributed by atoms with Crippen LogP contribution in [0.15, 0.2) is 0 Å². The molecule has 0 aliphatic rings. The highest BCUT2D eigenvalue weighted by atomic mass is 16.3. The molecule has 72 valence electrons. The van der Waals surface area contributed by atoms with Crippen LogP contribution in [-0.4, -0.2) is 36.2 Å². The maximum atomic E-state index is 11.0. The Labute approximate surface area is 73.3 Å². The molecule has 0 heterocycles. The number of rotatable bonds is 5. The van der Waals surface area contributed by atoms with Gasteiger partial charge in [-0.2, -0.15) is 0 Å². The van der Waals surface area contributed by atoms with E-state index >= 15 is 0 Å². The quantitative estimate of drug-likeness (QED) is 0.526. The van der Waals surface area contributed by atoms with Gasteiger partial charge in [-0.15, -0.1) is 0 Å². The molecule has 0 aromatic rings. The average Bonchev–Trinajstić information content (AvgIpc) is 1.95. The molecule has 0 radical (unpaired) electrons. The summed E-state index contributed by atoms with van der Waals surface area (Å²) in [4.78, 5) is 11.0. The number of hydrogen-bond acceptors (Lipinski definition) is 3. The molecule has 0 atom stereocenters. The van der Waals surface area contributed by atoms with Gasteiger partial charge < -0.3 is 15.7 Å². The molecule has 0 bridgehead atoms. The van der Waals surface area contributed by atoms with Crippen LogP contribution < -0.4 is 10.6 Å². The van der Waals surface area contributed by atoms with Gasteiger partial charge >= 0.3 is 0 Å². The standard InChI is InChI=1S/C8H18N2O2/c1-4-9-5-7(11)10-6-8(2,3)12/h9,12H,4-6H2,1-3H3,(H,10,11). The van der Waals surface area contributed by atoms with Crippen LogP contribution in [0.25, 0.3) is 0 Å². The molecule has 0 spiro atoms. The summed E-state index contributed by atoms with van der Waals surface area (Å²) in [6.07, 6.45) is 0. The zero-order chi connectivity index (χ0) is 9.61. The van der Waals surface area contributed by atoms with Gasteiger partial charge in [-0.25, -0.2) is 0 Å². The molecule has 0 aliphatic carbocycles. The maximum Gasteiger partial charge on any atom is 0.234 e. The molecule has 0 rings (SSSR count). The van der Waals surface area contributed by atoms with Crippen molar-refractivity contribution in [3.63, 3.8) is 0 Å². The van der Waals surface area contributed by atoms with Gasteiger partial charge in [0.2, 0.25) is 5.91 Å². The minimum atomic E-state index is -0.831. The molecule has 3 N–H and O–H groups in total. The highest BCUT2D eigenvalue weighted by molar-refractivity contribution is 5.78. The molecule has 4 heteroatoms. The fourth-order valence-corrected chi connectivity index (χ4v) is 0.616. The predicted molar refractivity (Wildman–Crippen MR) is 47.9 cm³/mol. The van der Waals surface area contributed by atoms with Gasteiger partial charge in [0.1, 0.15) is 0 Å². The van der Waals surface area contributed by atoms with Gasteiger partial charge in [0.15, 0.2) is 0 Å². The molecule has 4 nitrogen and oxygen atoms in total. The predicted octanol–water partition coefficient (Wildman–Crippen LogP) is -0.517. The van der Waals surface area contributed by atoms with Crippen molar-refractivity contribution in [2.45, 2.75) is 26.4 Å². The van der Waals surface area contributed by atoms with Gasteiger partial charge in [0.25, 0.3) is 0 Å². The summed E-state index contributed by atoms with van der Waals surface area (Å²) in [7, 11) is 0. The van der Waals surface area contributed by atoms with E-state index in [0.29, 0.717) is 6.54 Å². The highest BCUT2D eigenvalue weighted by Crippen LogP contribution is 1.96. The molecular formula is C8H18N2O2. The summed E-state index contributed by atoms with van der Waals surface area (Å²) in [5, 5.41) is 14.8. The Morgan fingerprint density at radius 3 is 2.50 bits per heavy atom. The van der Waals surface area contributed by atoms with Crippen molar-refractivity contribution < 1.29 is 9.90 Å². The summed E-state index contributed by atoms with van der Waals surface area (Å²) in [5.74, 6) is -0.0843. The molecule has 0 saturated carbocycles. The maximum absolute atomic E-state index is 11.0. The van der Waals surface area contributed by atoms with E-state index in [9.17, 15) is 9.90 Å². The summed E-state index contributed by atoms with van der Waals surface area (Å²) in [6, 6.07) is 0. The number of carbonyl (C=O) groups excluding carboxylic acids is 1. The number of carbonyl (C=O) groups is 1. The average molecular weight is 174 g/mol. The van der Waals surface area contributed by atoms with Crippen LogP contribution >= 0.6 is 0 Å². The number of amides is 1. The third-order valence-corrected chi connectivity index (χ3v) is 1.25. The van der Waals surface area contributed by atoms with Crippen molar-refractivity contribution in [3.05, 3.63) is 0 Å². The Bertz CT molecular complexity index is 140. The Balaban J connectivity index is 3.44. The van der Waals surface area contributed by atoms with E-state index < -0.39 is 5.60 Å². The second kappa shape index (κ2) is 5.11. The summed E-state index contributed by atoms with van der Waals surface area (Å²) < 4.78 is 0. The van der Waals surface area contributed by atoms with Crippen molar-refractivity contribution in [2.24, 2.45) is 0 Å². The van der Waals surface area contributed by atoms with Crippen molar-refractivity contribution in [3.8, 4) is 0 Å². The zero-order valence-corrected chi connectivity index (χ0v) is 7.98. The lowest BCUT2D eigenvalue weighted by Crippen LogP contribution is -2.41. The largest absolute Gasteiger partial charge is 0.389 e. The van der Waals surface area contributed by atoms with Crippen LogP contribution in [-0.2, 0) is 4.79 Å². The van der Waals surface area contributed by atoms with Gasteiger partial charge in [0, 0.05) is 6.54 Å². The Morgan fingerprint density at radius 1 is 1.50 bits per heavy atom. The lowest BCUT2D eigenvalue weighted by atomic mass is 10.1. The van der Waals surface area contributed by atoms with Crippen molar-refractivity contribution >= 4 is 5.91 Å². The second-order valence-electron chi connectivity index (χ2n) is 3.37. The molecule has 12 heavy (non-hydrogen) atoms. The van der Waals surface area contributed by atoms with Gasteiger partial charge in [-0.05, 0) is 20.4 Å². The van der Waals surface area contributed by atoms with Crippen LogP contribution in [0, 0.1) is 0 Å². The van der Waals surface area contributed by atoms with Gasteiger partial charge in [0.05, 0.1) is 12.1 Å². The molecule has 0 aromatic carbocycles. The SMILES string of the molecule is CCNCC(=O)NCC(C)(C)O.